The lowest BCUT2D eigenvalue weighted by molar-refractivity contribution is -0.384. The van der Waals surface area contributed by atoms with Gasteiger partial charge < -0.3 is 4.74 Å². The first-order valence-corrected chi connectivity index (χ1v) is 10.2. The monoisotopic (exact) mass is 518 g/mol. The van der Waals surface area contributed by atoms with E-state index in [2.05, 4.69) is 0 Å². The summed E-state index contributed by atoms with van der Waals surface area (Å²) in [4.78, 5) is 34.0. The van der Waals surface area contributed by atoms with Crippen molar-refractivity contribution in [3.8, 4) is 5.75 Å². The molecule has 4 rings (SSSR count). The van der Waals surface area contributed by atoms with Crippen LogP contribution in [0, 0.1) is 22.0 Å². The van der Waals surface area contributed by atoms with Gasteiger partial charge in [-0.15, -0.1) is 23.2 Å². The van der Waals surface area contributed by atoms with Crippen LogP contribution in [0.1, 0.15) is 0 Å². The molecule has 1 saturated heterocycles. The van der Waals surface area contributed by atoms with Crippen molar-refractivity contribution in [2.75, 3.05) is 12.0 Å². The molecule has 0 aromatic heterocycles. The van der Waals surface area contributed by atoms with E-state index in [-0.39, 0.29) is 21.5 Å². The van der Waals surface area contributed by atoms with Crippen molar-refractivity contribution in [1.29, 1.82) is 0 Å². The van der Waals surface area contributed by atoms with Crippen LogP contribution in [0.25, 0.3) is 0 Å². The first-order valence-electron chi connectivity index (χ1n) is 7.89. The molecule has 0 radical (unpaired) electrons. The van der Waals surface area contributed by atoms with Crippen LogP contribution in [0.2, 0.25) is 0 Å². The van der Waals surface area contributed by atoms with Gasteiger partial charge in [-0.3, -0.25) is 19.7 Å². The van der Waals surface area contributed by atoms with Gasteiger partial charge in [-0.05, 0) is 12.1 Å². The van der Waals surface area contributed by atoms with Gasteiger partial charge in [-0.2, -0.15) is 0 Å². The number of imide groups is 1. The molecule has 0 N–H and O–H groups in total. The Hall–Kier alpha value is -0.960. The Kier molecular flexibility index (Phi) is 4.61. The van der Waals surface area contributed by atoms with E-state index in [1.54, 1.807) is 0 Å². The lowest BCUT2D eigenvalue weighted by Gasteiger charge is -2.34. The molecule has 7 nitrogen and oxygen atoms in total. The molecule has 1 aliphatic heterocycles. The number of amides is 2. The number of rotatable bonds is 3. The van der Waals surface area contributed by atoms with Crippen LogP contribution in [0.15, 0.2) is 28.3 Å². The molecule has 0 spiro atoms. The Bertz CT molecular complexity index is 999. The predicted molar refractivity (Wildman–Crippen MR) is 109 cm³/mol. The molecule has 29 heavy (non-hydrogen) atoms. The van der Waals surface area contributed by atoms with Crippen molar-refractivity contribution in [3.05, 3.63) is 38.4 Å². The van der Waals surface area contributed by atoms with Crippen molar-refractivity contribution in [2.24, 2.45) is 11.8 Å². The molecule has 2 fully saturated rings. The fourth-order valence-corrected chi connectivity index (χ4v) is 7.13. The molecule has 2 amide bonds. The third-order valence-electron chi connectivity index (χ3n) is 5.53. The first kappa shape index (κ1) is 21.3. The summed E-state index contributed by atoms with van der Waals surface area (Å²) in [5.74, 6) is -4.34. The van der Waals surface area contributed by atoms with E-state index in [1.165, 1.54) is 19.2 Å². The minimum atomic E-state index is -2.07. The highest BCUT2D eigenvalue weighted by Crippen LogP contribution is 2.77. The molecule has 3 aliphatic rings. The number of fused-ring (bicyclic) bond motifs is 5. The second-order valence-electron chi connectivity index (χ2n) is 6.70. The van der Waals surface area contributed by atoms with E-state index in [9.17, 15) is 19.7 Å². The predicted octanol–water partition coefficient (Wildman–Crippen LogP) is 4.55. The van der Waals surface area contributed by atoms with Crippen molar-refractivity contribution in [3.63, 3.8) is 0 Å². The van der Waals surface area contributed by atoms with E-state index >= 15 is 0 Å². The number of carbonyl (C=O) groups is 2. The lowest BCUT2D eigenvalue weighted by Crippen LogP contribution is -2.50. The number of anilines is 1. The molecule has 154 valence electrons. The molecule has 13 heteroatoms. The van der Waals surface area contributed by atoms with Crippen molar-refractivity contribution >= 4 is 92.8 Å². The van der Waals surface area contributed by atoms with Gasteiger partial charge in [0.1, 0.15) is 21.2 Å². The van der Waals surface area contributed by atoms with Crippen LogP contribution in [0.4, 0.5) is 11.4 Å². The highest BCUT2D eigenvalue weighted by molar-refractivity contribution is 6.67. The zero-order valence-electron chi connectivity index (χ0n) is 14.1. The zero-order valence-corrected chi connectivity index (χ0v) is 18.6. The van der Waals surface area contributed by atoms with Gasteiger partial charge in [-0.25, -0.2) is 4.90 Å². The van der Waals surface area contributed by atoms with E-state index in [1.807, 2.05) is 0 Å². The van der Waals surface area contributed by atoms with E-state index in [0.717, 1.165) is 6.07 Å². The average Bonchev–Trinajstić information content (AvgIpc) is 3.05. The quantitative estimate of drug-likeness (QED) is 0.252. The third kappa shape index (κ3) is 2.19. The molecule has 1 saturated carbocycles. The van der Waals surface area contributed by atoms with Gasteiger partial charge in [-0.1, -0.05) is 46.4 Å². The number of ether oxygens (including phenoxy) is 1. The Morgan fingerprint density at radius 2 is 1.52 bits per heavy atom. The fraction of sp³-hybridized carbons (Fsp3) is 0.375. The van der Waals surface area contributed by atoms with Crippen molar-refractivity contribution in [2.45, 2.75) is 14.1 Å². The Morgan fingerprint density at radius 1 is 1.03 bits per heavy atom. The molecular weight excluding hydrogens is 513 g/mol. The molecule has 1 heterocycles. The van der Waals surface area contributed by atoms with E-state index in [0.29, 0.717) is 4.90 Å². The summed E-state index contributed by atoms with van der Waals surface area (Å²) in [6.45, 7) is 0. The van der Waals surface area contributed by atoms with Crippen molar-refractivity contribution < 1.29 is 19.2 Å². The number of nitro groups is 1. The lowest BCUT2D eigenvalue weighted by atomic mass is 9.84. The number of halogens is 6. The number of benzene rings is 1. The highest BCUT2D eigenvalue weighted by atomic mass is 35.5. The number of hydrogen-bond donors (Lipinski definition) is 0. The molecule has 2 bridgehead atoms. The first-order chi connectivity index (χ1) is 13.4. The largest absolute Gasteiger partial charge is 0.496 e. The standard InChI is InChI=1S/C16H8Cl6N2O5/c1-29-5-2-3-6(7(4-5)24(27)28)23-12(25)8-9(13(23)26)15(20)11(18)10(17)14(8,19)16(15,21)22/h2-4,8-9H,1H3/t8-,9+,14-,15-/m1/s1. The Balaban J connectivity index is 1.91. The van der Waals surface area contributed by atoms with Crippen LogP contribution in [0.5, 0.6) is 5.75 Å². The van der Waals surface area contributed by atoms with E-state index in [4.69, 9.17) is 74.3 Å². The highest BCUT2D eigenvalue weighted by Gasteiger charge is 2.87. The minimum Gasteiger partial charge on any atom is -0.496 e. The molecule has 1 aromatic carbocycles. The minimum absolute atomic E-state index is 0.163. The summed E-state index contributed by atoms with van der Waals surface area (Å²) in [7, 11) is 1.32. The number of hydrogen-bond acceptors (Lipinski definition) is 5. The Labute approximate surface area is 193 Å². The van der Waals surface area contributed by atoms with Crippen LogP contribution in [-0.2, 0) is 9.59 Å². The maximum Gasteiger partial charge on any atom is 0.297 e. The van der Waals surface area contributed by atoms with E-state index < -0.39 is 48.3 Å². The number of nitrogens with zero attached hydrogens (tertiary/aromatic N) is 2. The number of nitro benzene ring substituents is 1. The van der Waals surface area contributed by atoms with Crippen LogP contribution < -0.4 is 9.64 Å². The summed E-state index contributed by atoms with van der Waals surface area (Å²) >= 11 is 38.5. The number of alkyl halides is 4. The number of carbonyl (C=O) groups excluding carboxylic acids is 2. The maximum atomic E-state index is 13.3. The summed E-state index contributed by atoms with van der Waals surface area (Å²) in [6.07, 6.45) is 0. The summed E-state index contributed by atoms with van der Waals surface area (Å²) in [5, 5.41) is 11.1. The van der Waals surface area contributed by atoms with Gasteiger partial charge >= 0.3 is 0 Å². The van der Waals surface area contributed by atoms with Gasteiger partial charge in [0, 0.05) is 0 Å². The number of allylic oxidation sites excluding steroid dienone is 2. The zero-order chi connectivity index (χ0) is 21.7. The molecular formula is C16H8Cl6N2O5. The van der Waals surface area contributed by atoms with Gasteiger partial charge in [0.05, 0.1) is 40.0 Å². The molecule has 4 atom stereocenters. The summed E-state index contributed by atoms with van der Waals surface area (Å²) in [6, 6.07) is 3.66. The van der Waals surface area contributed by atoms with Crippen LogP contribution >= 0.6 is 69.6 Å². The van der Waals surface area contributed by atoms with Crippen LogP contribution in [0.3, 0.4) is 0 Å². The molecule has 2 aliphatic carbocycles. The summed E-state index contributed by atoms with van der Waals surface area (Å²) in [5.41, 5.74) is -0.805. The molecule has 0 unspecified atom stereocenters. The number of methoxy groups -OCH3 is 1. The fourth-order valence-electron chi connectivity index (χ4n) is 4.20. The van der Waals surface area contributed by atoms with Gasteiger partial charge in [0.25, 0.3) is 5.69 Å². The average molecular weight is 521 g/mol. The smallest absolute Gasteiger partial charge is 0.297 e. The van der Waals surface area contributed by atoms with Gasteiger partial charge in [0.2, 0.25) is 11.8 Å². The second kappa shape index (κ2) is 6.28. The normalized spacial score (nSPS) is 34.8. The van der Waals surface area contributed by atoms with Crippen LogP contribution in [-0.4, -0.2) is 37.9 Å². The summed E-state index contributed by atoms with van der Waals surface area (Å²) < 4.78 is 2.90. The SMILES string of the molecule is COc1ccc(N2C(=O)[C@@H]3[C@H](C2=O)[C@@]2(Cl)C(Cl)=C(Cl)[C@@]3(Cl)C2(Cl)Cl)c([N+](=O)[O-])c1. The Morgan fingerprint density at radius 3 is 1.93 bits per heavy atom. The van der Waals surface area contributed by atoms with Gasteiger partial charge in [0.15, 0.2) is 4.33 Å². The maximum absolute atomic E-state index is 13.3. The second-order valence-corrected chi connectivity index (χ2v) is 9.98. The van der Waals surface area contributed by atoms with Crippen molar-refractivity contribution in [1.82, 2.24) is 0 Å². The topological polar surface area (TPSA) is 89.8 Å². The molecule has 1 aromatic rings. The third-order valence-corrected chi connectivity index (χ3v) is 9.79.